The lowest BCUT2D eigenvalue weighted by Crippen LogP contribution is -2.11. The van der Waals surface area contributed by atoms with Crippen LogP contribution in [0.1, 0.15) is 66.8 Å². The molecule has 8 nitrogen and oxygen atoms in total. The Morgan fingerprint density at radius 3 is 0.759 bits per heavy atom. The van der Waals surface area contributed by atoms with E-state index < -0.39 is 15.6 Å². The van der Waals surface area contributed by atoms with Crippen LogP contribution in [0.2, 0.25) is 0 Å². The zero-order valence-electron chi connectivity index (χ0n) is 35.4. The van der Waals surface area contributed by atoms with Gasteiger partial charge in [0.2, 0.25) is 0 Å². The van der Waals surface area contributed by atoms with Gasteiger partial charge in [0, 0.05) is 0 Å². The third-order valence-electron chi connectivity index (χ3n) is 10.7. The number of hydrogen-bond donors (Lipinski definition) is 0. The minimum Gasteiger partial charge on any atom is -0.386 e. The fourth-order valence-corrected chi connectivity index (χ4v) is 9.63. The molecule has 0 atom stereocenters. The molecule has 0 spiro atoms. The van der Waals surface area contributed by atoms with Crippen molar-refractivity contribution >= 4 is 15.6 Å². The van der Waals surface area contributed by atoms with Gasteiger partial charge in [-0.15, -0.1) is 0 Å². The van der Waals surface area contributed by atoms with Crippen molar-refractivity contribution in [1.82, 2.24) is 0 Å². The first-order chi connectivity index (χ1) is 27.4. The quantitative estimate of drug-likeness (QED) is 0.106. The number of phosphoric acid groups is 2. The van der Waals surface area contributed by atoms with Crippen LogP contribution in [0.5, 0.6) is 34.5 Å². The van der Waals surface area contributed by atoms with E-state index in [2.05, 4.69) is 0 Å². The van der Waals surface area contributed by atoms with Crippen molar-refractivity contribution in [2.24, 2.45) is 0 Å². The molecule has 10 heteroatoms. The summed E-state index contributed by atoms with van der Waals surface area (Å²) in [5.74, 6) is 2.44. The Morgan fingerprint density at radius 2 is 0.534 bits per heavy atom. The van der Waals surface area contributed by atoms with Crippen LogP contribution in [0.3, 0.4) is 0 Å². The Kier molecular flexibility index (Phi) is 12.2. The lowest BCUT2D eigenvalue weighted by molar-refractivity contribution is 0.294. The lowest BCUT2D eigenvalue weighted by atomic mass is 9.96. The Balaban J connectivity index is 1.34. The van der Waals surface area contributed by atoms with Crippen molar-refractivity contribution in [2.45, 2.75) is 83.1 Å². The average molecular weight is 819 g/mol. The summed E-state index contributed by atoms with van der Waals surface area (Å²) in [4.78, 5) is 0. The highest BCUT2D eigenvalue weighted by molar-refractivity contribution is 7.50. The molecule has 6 aromatic rings. The van der Waals surface area contributed by atoms with E-state index in [9.17, 15) is 9.13 Å². The zero-order chi connectivity index (χ0) is 42.1. The molecule has 0 heterocycles. The van der Waals surface area contributed by atoms with Crippen LogP contribution < -0.4 is 27.1 Å². The van der Waals surface area contributed by atoms with Crippen LogP contribution in [0.15, 0.2) is 97.1 Å². The van der Waals surface area contributed by atoms with Crippen LogP contribution in [0.25, 0.3) is 11.1 Å². The molecule has 6 aromatic carbocycles. The van der Waals surface area contributed by atoms with Crippen molar-refractivity contribution < 1.29 is 36.3 Å². The molecule has 0 saturated heterocycles. The summed E-state index contributed by atoms with van der Waals surface area (Å²) in [5.41, 5.74) is 12.0. The van der Waals surface area contributed by atoms with Crippen molar-refractivity contribution in [3.8, 4) is 45.6 Å². The topological polar surface area (TPSA) is 89.5 Å². The predicted octanol–water partition coefficient (Wildman–Crippen LogP) is 14.3. The van der Waals surface area contributed by atoms with E-state index >= 15 is 0 Å². The zero-order valence-corrected chi connectivity index (χ0v) is 37.2. The molecule has 0 aliphatic rings. The molecule has 0 saturated carbocycles. The fourth-order valence-electron chi connectivity index (χ4n) is 6.63. The van der Waals surface area contributed by atoms with Gasteiger partial charge < -0.3 is 27.1 Å². The Labute approximate surface area is 343 Å². The second kappa shape index (κ2) is 16.8. The normalized spacial score (nSPS) is 11.6. The number of hydrogen-bond acceptors (Lipinski definition) is 8. The predicted molar refractivity (Wildman–Crippen MR) is 233 cm³/mol. The monoisotopic (exact) mass is 818 g/mol. The maximum Gasteiger partial charge on any atom is 0.647 e. The molecule has 0 aliphatic heterocycles. The SMILES string of the molecule is Cc1cccc(OP(=O)(Oc2cccc(C)c2C)Oc2c(C)cc(-c3cc(C)c(OP(=O)(Oc4cccc(C)c4C)Oc4cccc(C)c4C)c(C)c3)cc2C)c1C. The summed E-state index contributed by atoms with van der Waals surface area (Å²) in [5, 5.41) is 0. The van der Waals surface area contributed by atoms with Crippen LogP contribution >= 0.6 is 15.6 Å². The summed E-state index contributed by atoms with van der Waals surface area (Å²) in [6, 6.07) is 30.2. The first-order valence-electron chi connectivity index (χ1n) is 19.2. The molecular formula is C48H52O8P2. The number of aryl methyl sites for hydroxylation is 8. The molecule has 302 valence electrons. The number of benzene rings is 6. The molecule has 0 aromatic heterocycles. The second-order valence-corrected chi connectivity index (χ2v) is 18.0. The van der Waals surface area contributed by atoms with E-state index in [0.29, 0.717) is 34.5 Å². The molecule has 0 amide bonds. The smallest absolute Gasteiger partial charge is 0.386 e. The van der Waals surface area contributed by atoms with Gasteiger partial charge in [-0.2, -0.15) is 9.13 Å². The largest absolute Gasteiger partial charge is 0.647 e. The van der Waals surface area contributed by atoms with E-state index in [4.69, 9.17) is 27.1 Å². The molecule has 0 bridgehead atoms. The summed E-state index contributed by atoms with van der Waals surface area (Å²) < 4.78 is 66.8. The first kappa shape index (κ1) is 42.2. The minimum absolute atomic E-state index is 0.393. The number of rotatable bonds is 13. The molecule has 0 N–H and O–H groups in total. The Bertz CT molecular complexity index is 2290. The second-order valence-electron chi connectivity index (χ2n) is 15.1. The van der Waals surface area contributed by atoms with Gasteiger partial charge in [-0.05, 0) is 210 Å². The van der Waals surface area contributed by atoms with Gasteiger partial charge in [0.25, 0.3) is 0 Å². The van der Waals surface area contributed by atoms with Crippen LogP contribution in [-0.2, 0) is 9.13 Å². The maximum absolute atomic E-state index is 14.7. The van der Waals surface area contributed by atoms with E-state index in [1.54, 1.807) is 24.3 Å². The van der Waals surface area contributed by atoms with Crippen molar-refractivity contribution in [1.29, 1.82) is 0 Å². The Hall–Kier alpha value is -5.42. The van der Waals surface area contributed by atoms with Gasteiger partial charge in [0.15, 0.2) is 0 Å². The molecule has 0 radical (unpaired) electrons. The highest BCUT2D eigenvalue weighted by Crippen LogP contribution is 2.54. The molecule has 0 fully saturated rings. The lowest BCUT2D eigenvalue weighted by Gasteiger charge is -2.24. The van der Waals surface area contributed by atoms with Gasteiger partial charge >= 0.3 is 15.6 Å². The molecule has 6 rings (SSSR count). The first-order valence-corrected chi connectivity index (χ1v) is 22.1. The molecular weight excluding hydrogens is 766 g/mol. The summed E-state index contributed by atoms with van der Waals surface area (Å²) in [7, 11) is -8.58. The third-order valence-corrected chi connectivity index (χ3v) is 13.2. The van der Waals surface area contributed by atoms with E-state index in [1.165, 1.54) is 0 Å². The number of phosphoric ester groups is 2. The van der Waals surface area contributed by atoms with Crippen LogP contribution in [-0.4, -0.2) is 0 Å². The minimum atomic E-state index is -4.29. The van der Waals surface area contributed by atoms with E-state index in [0.717, 1.165) is 77.9 Å². The summed E-state index contributed by atoms with van der Waals surface area (Å²) in [6.45, 7) is 23.1. The summed E-state index contributed by atoms with van der Waals surface area (Å²) >= 11 is 0. The molecule has 58 heavy (non-hydrogen) atoms. The van der Waals surface area contributed by atoms with E-state index in [1.807, 2.05) is 156 Å². The highest BCUT2D eigenvalue weighted by Gasteiger charge is 2.37. The Morgan fingerprint density at radius 1 is 0.310 bits per heavy atom. The van der Waals surface area contributed by atoms with Crippen molar-refractivity contribution in [2.75, 3.05) is 0 Å². The molecule has 0 unspecified atom stereocenters. The van der Waals surface area contributed by atoms with Crippen LogP contribution in [0, 0.1) is 83.1 Å². The van der Waals surface area contributed by atoms with Gasteiger partial charge in [-0.25, -0.2) is 0 Å². The van der Waals surface area contributed by atoms with Gasteiger partial charge in [0.1, 0.15) is 34.5 Å². The maximum atomic E-state index is 14.7. The highest BCUT2D eigenvalue weighted by atomic mass is 31.2. The van der Waals surface area contributed by atoms with E-state index in [-0.39, 0.29) is 0 Å². The van der Waals surface area contributed by atoms with Crippen molar-refractivity contribution in [3.05, 3.63) is 164 Å². The average Bonchev–Trinajstić information content (AvgIpc) is 3.16. The molecule has 0 aliphatic carbocycles. The van der Waals surface area contributed by atoms with Gasteiger partial charge in [-0.1, -0.05) is 48.5 Å². The van der Waals surface area contributed by atoms with Crippen LogP contribution in [0.4, 0.5) is 0 Å². The fraction of sp³-hybridized carbons (Fsp3) is 0.250. The van der Waals surface area contributed by atoms with Gasteiger partial charge in [0.05, 0.1) is 0 Å². The third kappa shape index (κ3) is 9.15. The summed E-state index contributed by atoms with van der Waals surface area (Å²) in [6.07, 6.45) is 0. The standard InChI is InChI=1S/C48H52O8P2/c1-29-17-13-21-43(37(29)9)51-57(49,52-44-22-14-18-30(2)38(44)10)55-47-33(5)25-41(26-34(47)6)42-27-35(7)48(36(8)28-42)56-58(50,53-45-23-15-19-31(3)39(45)11)54-46-24-16-20-32(4)40(46)12/h13-28H,1-12H3. The van der Waals surface area contributed by atoms with Gasteiger partial charge in [-0.3, -0.25) is 0 Å². The van der Waals surface area contributed by atoms with Crippen molar-refractivity contribution in [3.63, 3.8) is 0 Å².